The van der Waals surface area contributed by atoms with E-state index in [2.05, 4.69) is 5.10 Å². The van der Waals surface area contributed by atoms with Gasteiger partial charge in [0.25, 0.3) is 11.8 Å². The summed E-state index contributed by atoms with van der Waals surface area (Å²) in [6, 6.07) is 10.6. The highest BCUT2D eigenvalue weighted by molar-refractivity contribution is 6.35. The second kappa shape index (κ2) is 5.55. The molecular weight excluding hydrogens is 347 g/mol. The maximum absolute atomic E-state index is 13.2. The summed E-state index contributed by atoms with van der Waals surface area (Å²) in [4.78, 5) is 26.1. The number of anilines is 1. The highest BCUT2D eigenvalue weighted by Gasteiger charge is 2.39. The molecular formula is C18H10F3N3O2. The van der Waals surface area contributed by atoms with Gasteiger partial charge in [0.15, 0.2) is 0 Å². The molecule has 130 valence electrons. The maximum Gasteiger partial charge on any atom is 0.416 e. The van der Waals surface area contributed by atoms with E-state index < -0.39 is 23.6 Å². The Balaban J connectivity index is 1.93. The first kappa shape index (κ1) is 16.1. The molecule has 26 heavy (non-hydrogen) atoms. The Hall–Kier alpha value is -3.42. The number of aromatic nitrogens is 2. The van der Waals surface area contributed by atoms with Gasteiger partial charge in [0.05, 0.1) is 28.1 Å². The first-order chi connectivity index (χ1) is 12.4. The Morgan fingerprint density at radius 2 is 1.50 bits per heavy atom. The quantitative estimate of drug-likeness (QED) is 0.658. The molecule has 0 saturated heterocycles. The predicted octanol–water partition coefficient (Wildman–Crippen LogP) is 3.69. The minimum absolute atomic E-state index is 0.154. The number of hydrogen-bond acceptors (Lipinski definition) is 3. The van der Waals surface area contributed by atoms with Crippen LogP contribution in [0.25, 0.3) is 5.69 Å². The third-order valence-corrected chi connectivity index (χ3v) is 4.09. The van der Waals surface area contributed by atoms with Gasteiger partial charge in [-0.3, -0.25) is 9.59 Å². The Kier molecular flexibility index (Phi) is 3.43. The summed E-state index contributed by atoms with van der Waals surface area (Å²) in [6.45, 7) is 0. The lowest BCUT2D eigenvalue weighted by molar-refractivity contribution is -0.137. The minimum atomic E-state index is -4.62. The topological polar surface area (TPSA) is 55.2 Å². The Morgan fingerprint density at radius 3 is 2.04 bits per heavy atom. The van der Waals surface area contributed by atoms with Gasteiger partial charge in [-0.2, -0.15) is 18.3 Å². The summed E-state index contributed by atoms with van der Waals surface area (Å²) >= 11 is 0. The van der Waals surface area contributed by atoms with Crippen LogP contribution in [0, 0.1) is 0 Å². The lowest BCUT2D eigenvalue weighted by atomic mass is 10.1. The zero-order chi connectivity index (χ0) is 18.5. The van der Waals surface area contributed by atoms with E-state index in [4.69, 9.17) is 0 Å². The fourth-order valence-corrected chi connectivity index (χ4v) is 2.89. The Morgan fingerprint density at radius 1 is 0.846 bits per heavy atom. The molecule has 8 heteroatoms. The number of halogens is 3. The molecule has 0 fully saturated rings. The van der Waals surface area contributed by atoms with Crippen LogP contribution < -0.4 is 4.90 Å². The smallest absolute Gasteiger partial charge is 0.268 e. The van der Waals surface area contributed by atoms with E-state index in [1.807, 2.05) is 0 Å². The van der Waals surface area contributed by atoms with Gasteiger partial charge in [0, 0.05) is 12.4 Å². The van der Waals surface area contributed by atoms with Crippen molar-refractivity contribution in [3.8, 4) is 5.69 Å². The summed E-state index contributed by atoms with van der Waals surface area (Å²) in [5.41, 5.74) is -0.630. The Labute approximate surface area is 145 Å². The van der Waals surface area contributed by atoms with E-state index in [1.54, 1.807) is 18.2 Å². The molecule has 2 heterocycles. The highest BCUT2D eigenvalue weighted by Crippen LogP contribution is 2.37. The number of hydrogen-bond donors (Lipinski definition) is 0. The standard InChI is InChI=1S/C18H10F3N3O2/c19-18(20,21)11-6-7-14(23-9-3-8-22-23)15(10-11)24-16(25)12-4-1-2-5-13(12)17(24)26/h1-10H. The van der Waals surface area contributed by atoms with E-state index in [-0.39, 0.29) is 22.5 Å². The molecule has 0 saturated carbocycles. The van der Waals surface area contributed by atoms with Crippen molar-refractivity contribution in [2.24, 2.45) is 0 Å². The first-order valence-corrected chi connectivity index (χ1v) is 7.57. The predicted molar refractivity (Wildman–Crippen MR) is 86.1 cm³/mol. The van der Waals surface area contributed by atoms with Crippen molar-refractivity contribution >= 4 is 17.5 Å². The molecule has 0 atom stereocenters. The van der Waals surface area contributed by atoms with Crippen LogP contribution in [0.1, 0.15) is 26.3 Å². The third-order valence-electron chi connectivity index (χ3n) is 4.09. The molecule has 0 bridgehead atoms. The van der Waals surface area contributed by atoms with Crippen molar-refractivity contribution in [1.82, 2.24) is 9.78 Å². The number of amides is 2. The van der Waals surface area contributed by atoms with Crippen LogP contribution in [-0.2, 0) is 6.18 Å². The largest absolute Gasteiger partial charge is 0.416 e. The summed E-state index contributed by atoms with van der Waals surface area (Å²) in [5, 5.41) is 4.00. The van der Waals surface area contributed by atoms with Gasteiger partial charge in [-0.05, 0) is 36.4 Å². The second-order valence-corrected chi connectivity index (χ2v) is 5.64. The molecule has 1 aromatic heterocycles. The SMILES string of the molecule is O=C1c2ccccc2C(=O)N1c1cc(C(F)(F)F)ccc1-n1cccn1. The van der Waals surface area contributed by atoms with Crippen LogP contribution in [0.5, 0.6) is 0 Å². The molecule has 1 aliphatic rings. The molecule has 1 aliphatic heterocycles. The zero-order valence-electron chi connectivity index (χ0n) is 13.1. The van der Waals surface area contributed by atoms with E-state index in [1.165, 1.54) is 35.3 Å². The van der Waals surface area contributed by atoms with Gasteiger partial charge >= 0.3 is 6.18 Å². The normalized spacial score (nSPS) is 14.0. The third kappa shape index (κ3) is 2.38. The van der Waals surface area contributed by atoms with Crippen molar-refractivity contribution in [2.75, 3.05) is 4.90 Å². The van der Waals surface area contributed by atoms with Gasteiger partial charge in [-0.1, -0.05) is 12.1 Å². The highest BCUT2D eigenvalue weighted by atomic mass is 19.4. The molecule has 5 nitrogen and oxygen atoms in total. The molecule has 0 N–H and O–H groups in total. The van der Waals surface area contributed by atoms with Crippen molar-refractivity contribution in [1.29, 1.82) is 0 Å². The molecule has 4 rings (SSSR count). The number of alkyl halides is 3. The summed E-state index contributed by atoms with van der Waals surface area (Å²) in [7, 11) is 0. The zero-order valence-corrected chi connectivity index (χ0v) is 13.1. The van der Waals surface area contributed by atoms with Crippen LogP contribution in [0.2, 0.25) is 0 Å². The van der Waals surface area contributed by atoms with Crippen LogP contribution in [0.15, 0.2) is 60.9 Å². The summed E-state index contributed by atoms with van der Waals surface area (Å²) in [5.74, 6) is -1.34. The first-order valence-electron chi connectivity index (χ1n) is 7.57. The fourth-order valence-electron chi connectivity index (χ4n) is 2.89. The number of carbonyl (C=O) groups excluding carboxylic acids is 2. The van der Waals surface area contributed by atoms with E-state index in [0.29, 0.717) is 0 Å². The lowest BCUT2D eigenvalue weighted by Crippen LogP contribution is -2.31. The number of benzene rings is 2. The molecule has 0 unspecified atom stereocenters. The van der Waals surface area contributed by atoms with E-state index >= 15 is 0 Å². The number of fused-ring (bicyclic) bond motifs is 1. The van der Waals surface area contributed by atoms with Gasteiger partial charge in [0.1, 0.15) is 0 Å². The minimum Gasteiger partial charge on any atom is -0.268 e. The van der Waals surface area contributed by atoms with Crippen LogP contribution in [0.4, 0.5) is 18.9 Å². The van der Waals surface area contributed by atoms with E-state index in [0.717, 1.165) is 17.0 Å². The Bertz CT molecular complexity index is 991. The van der Waals surface area contributed by atoms with Crippen molar-refractivity contribution in [3.05, 3.63) is 77.6 Å². The van der Waals surface area contributed by atoms with Crippen LogP contribution >= 0.6 is 0 Å². The van der Waals surface area contributed by atoms with Crippen molar-refractivity contribution in [2.45, 2.75) is 6.18 Å². The van der Waals surface area contributed by atoms with Crippen LogP contribution in [-0.4, -0.2) is 21.6 Å². The van der Waals surface area contributed by atoms with Gasteiger partial charge in [-0.15, -0.1) is 0 Å². The lowest BCUT2D eigenvalue weighted by Gasteiger charge is -2.20. The molecule has 0 aliphatic carbocycles. The number of carbonyl (C=O) groups is 2. The van der Waals surface area contributed by atoms with Crippen LogP contribution in [0.3, 0.4) is 0 Å². The number of nitrogens with zero attached hydrogens (tertiary/aromatic N) is 3. The number of imide groups is 1. The maximum atomic E-state index is 13.2. The van der Waals surface area contributed by atoms with Gasteiger partial charge < -0.3 is 0 Å². The molecule has 0 spiro atoms. The second-order valence-electron chi connectivity index (χ2n) is 5.64. The molecule has 3 aromatic rings. The monoisotopic (exact) mass is 357 g/mol. The van der Waals surface area contributed by atoms with E-state index in [9.17, 15) is 22.8 Å². The van der Waals surface area contributed by atoms with Gasteiger partial charge in [0.2, 0.25) is 0 Å². The number of rotatable bonds is 2. The molecule has 2 amide bonds. The van der Waals surface area contributed by atoms with Crippen molar-refractivity contribution in [3.63, 3.8) is 0 Å². The summed E-state index contributed by atoms with van der Waals surface area (Å²) < 4.78 is 40.8. The average molecular weight is 357 g/mol. The fraction of sp³-hybridized carbons (Fsp3) is 0.0556. The molecule has 0 radical (unpaired) electrons. The summed E-state index contributed by atoms with van der Waals surface area (Å²) in [6.07, 6.45) is -1.65. The van der Waals surface area contributed by atoms with Crippen molar-refractivity contribution < 1.29 is 22.8 Å². The van der Waals surface area contributed by atoms with Gasteiger partial charge in [-0.25, -0.2) is 9.58 Å². The molecule has 2 aromatic carbocycles. The average Bonchev–Trinajstić information content (AvgIpc) is 3.22.